The molecule has 1 saturated carbocycles. The summed E-state index contributed by atoms with van der Waals surface area (Å²) in [4.78, 5) is 0. The molecule has 0 radical (unpaired) electrons. The second-order valence-electron chi connectivity index (χ2n) is 3.98. The quantitative estimate of drug-likeness (QED) is 0.670. The van der Waals surface area contributed by atoms with Crippen molar-refractivity contribution in [1.82, 2.24) is 0 Å². The zero-order chi connectivity index (χ0) is 11.3. The van der Waals surface area contributed by atoms with Crippen molar-refractivity contribution < 1.29 is 14.2 Å². The molecule has 88 valence electrons. The normalized spacial score (nSPS) is 37.3. The van der Waals surface area contributed by atoms with Crippen LogP contribution in [0.2, 0.25) is 0 Å². The molecule has 3 nitrogen and oxygen atoms in total. The van der Waals surface area contributed by atoms with Gasteiger partial charge in [0.1, 0.15) is 0 Å². The van der Waals surface area contributed by atoms with Gasteiger partial charge in [0.2, 0.25) is 0 Å². The van der Waals surface area contributed by atoms with E-state index in [2.05, 4.69) is 12.2 Å². The van der Waals surface area contributed by atoms with Gasteiger partial charge in [0.05, 0.1) is 18.3 Å². The van der Waals surface area contributed by atoms with Gasteiger partial charge in [-0.15, -0.1) is 0 Å². The van der Waals surface area contributed by atoms with E-state index in [0.29, 0.717) is 5.92 Å². The third-order valence-corrected chi connectivity index (χ3v) is 3.21. The van der Waals surface area contributed by atoms with Crippen molar-refractivity contribution in [3.8, 4) is 0 Å². The molecule has 15 heavy (non-hydrogen) atoms. The summed E-state index contributed by atoms with van der Waals surface area (Å²) in [5, 5.41) is 0. The Balaban J connectivity index is 2.67. The van der Waals surface area contributed by atoms with Gasteiger partial charge in [-0.05, 0) is 13.3 Å². The molecule has 4 unspecified atom stereocenters. The zero-order valence-electron chi connectivity index (χ0n) is 10.1. The van der Waals surface area contributed by atoms with E-state index < -0.39 is 0 Å². The smallest absolute Gasteiger partial charge is 0.0857 e. The Hall–Kier alpha value is -0.380. The van der Waals surface area contributed by atoms with E-state index in [1.165, 1.54) is 0 Å². The van der Waals surface area contributed by atoms with Crippen molar-refractivity contribution in [2.45, 2.75) is 38.1 Å². The molecule has 0 heterocycles. The van der Waals surface area contributed by atoms with Gasteiger partial charge in [-0.25, -0.2) is 0 Å². The summed E-state index contributed by atoms with van der Waals surface area (Å²) in [5.74, 6) is 0.441. The summed E-state index contributed by atoms with van der Waals surface area (Å²) in [6.07, 6.45) is 6.74. The molecule has 0 aliphatic heterocycles. The van der Waals surface area contributed by atoms with Crippen LogP contribution in [0.5, 0.6) is 0 Å². The monoisotopic (exact) mass is 214 g/mol. The Morgan fingerprint density at radius 2 is 1.40 bits per heavy atom. The van der Waals surface area contributed by atoms with E-state index in [1.807, 2.05) is 6.92 Å². The van der Waals surface area contributed by atoms with Gasteiger partial charge in [-0.2, -0.15) is 0 Å². The van der Waals surface area contributed by atoms with E-state index in [0.717, 1.165) is 12.8 Å². The van der Waals surface area contributed by atoms with E-state index in [4.69, 9.17) is 14.2 Å². The van der Waals surface area contributed by atoms with Crippen molar-refractivity contribution in [2.75, 3.05) is 21.3 Å². The number of hydrogen-bond donors (Lipinski definition) is 0. The molecule has 0 saturated heterocycles. The highest BCUT2D eigenvalue weighted by molar-refractivity contribution is 4.98. The predicted molar refractivity (Wildman–Crippen MR) is 59.9 cm³/mol. The van der Waals surface area contributed by atoms with Crippen LogP contribution < -0.4 is 0 Å². The van der Waals surface area contributed by atoms with Crippen LogP contribution in [0.25, 0.3) is 0 Å². The fourth-order valence-electron chi connectivity index (χ4n) is 2.34. The van der Waals surface area contributed by atoms with Crippen molar-refractivity contribution in [2.24, 2.45) is 5.92 Å². The van der Waals surface area contributed by atoms with Crippen LogP contribution in [0, 0.1) is 5.92 Å². The van der Waals surface area contributed by atoms with Crippen LogP contribution in [-0.2, 0) is 14.2 Å². The van der Waals surface area contributed by atoms with Gasteiger partial charge in [-0.1, -0.05) is 12.2 Å². The highest BCUT2D eigenvalue weighted by Gasteiger charge is 2.36. The maximum atomic E-state index is 5.49. The Kier molecular flexibility index (Phi) is 5.29. The molecule has 0 aromatic heterocycles. The molecule has 0 bridgehead atoms. The molecule has 1 rings (SSSR count). The van der Waals surface area contributed by atoms with E-state index in [-0.39, 0.29) is 18.3 Å². The number of hydrogen-bond acceptors (Lipinski definition) is 3. The third-order valence-electron chi connectivity index (χ3n) is 3.21. The predicted octanol–water partition coefficient (Wildman–Crippen LogP) is 2.02. The van der Waals surface area contributed by atoms with Gasteiger partial charge < -0.3 is 14.2 Å². The van der Waals surface area contributed by atoms with E-state index in [9.17, 15) is 0 Å². The first kappa shape index (κ1) is 12.7. The Bertz CT molecular complexity index is 203. The Morgan fingerprint density at radius 1 is 0.867 bits per heavy atom. The fourth-order valence-corrected chi connectivity index (χ4v) is 2.34. The lowest BCUT2D eigenvalue weighted by Crippen LogP contribution is -2.44. The third kappa shape index (κ3) is 3.03. The second-order valence-corrected chi connectivity index (χ2v) is 3.98. The molecule has 0 amide bonds. The molecule has 0 spiro atoms. The lowest BCUT2D eigenvalue weighted by Gasteiger charge is -2.38. The molecular formula is C12H22O3. The molecule has 0 aromatic rings. The second kappa shape index (κ2) is 6.26. The van der Waals surface area contributed by atoms with Crippen LogP contribution >= 0.6 is 0 Å². The summed E-state index contributed by atoms with van der Waals surface area (Å²) in [6.45, 7) is 2.04. The standard InChI is InChI=1S/C12H22O3/c1-5-6-9-7-11(14-3)12(15-4)8-10(9)13-2/h5-6,9-12H,7-8H2,1-4H3/b6-5-. The molecule has 0 N–H and O–H groups in total. The lowest BCUT2D eigenvalue weighted by atomic mass is 9.82. The molecule has 0 aromatic carbocycles. The summed E-state index contributed by atoms with van der Waals surface area (Å²) in [6, 6.07) is 0. The molecule has 1 aliphatic carbocycles. The van der Waals surface area contributed by atoms with Crippen LogP contribution in [0.3, 0.4) is 0 Å². The summed E-state index contributed by atoms with van der Waals surface area (Å²) < 4.78 is 16.4. The van der Waals surface area contributed by atoms with Crippen LogP contribution in [0.15, 0.2) is 12.2 Å². The summed E-state index contributed by atoms with van der Waals surface area (Å²) >= 11 is 0. The topological polar surface area (TPSA) is 27.7 Å². The molecule has 1 aliphatic rings. The largest absolute Gasteiger partial charge is 0.381 e. The van der Waals surface area contributed by atoms with Crippen molar-refractivity contribution in [1.29, 1.82) is 0 Å². The SMILES string of the molecule is C/C=C\C1CC(OC)C(OC)CC1OC. The fraction of sp³-hybridized carbons (Fsp3) is 0.833. The Morgan fingerprint density at radius 3 is 1.87 bits per heavy atom. The van der Waals surface area contributed by atoms with Crippen LogP contribution in [-0.4, -0.2) is 39.6 Å². The first-order valence-corrected chi connectivity index (χ1v) is 5.48. The number of allylic oxidation sites excluding steroid dienone is 1. The number of ether oxygens (including phenoxy) is 3. The summed E-state index contributed by atoms with van der Waals surface area (Å²) in [7, 11) is 5.25. The summed E-state index contributed by atoms with van der Waals surface area (Å²) in [5.41, 5.74) is 0. The minimum Gasteiger partial charge on any atom is -0.381 e. The van der Waals surface area contributed by atoms with Crippen molar-refractivity contribution in [3.63, 3.8) is 0 Å². The zero-order valence-corrected chi connectivity index (χ0v) is 10.1. The molecular weight excluding hydrogens is 192 g/mol. The number of rotatable bonds is 4. The van der Waals surface area contributed by atoms with E-state index in [1.54, 1.807) is 21.3 Å². The maximum absolute atomic E-state index is 5.49. The van der Waals surface area contributed by atoms with Crippen LogP contribution in [0.4, 0.5) is 0 Å². The lowest BCUT2D eigenvalue weighted by molar-refractivity contribution is -0.108. The van der Waals surface area contributed by atoms with Crippen molar-refractivity contribution >= 4 is 0 Å². The van der Waals surface area contributed by atoms with E-state index >= 15 is 0 Å². The van der Waals surface area contributed by atoms with Gasteiger partial charge in [-0.3, -0.25) is 0 Å². The first-order chi connectivity index (χ1) is 7.26. The maximum Gasteiger partial charge on any atom is 0.0857 e. The van der Waals surface area contributed by atoms with Gasteiger partial charge >= 0.3 is 0 Å². The Labute approximate surface area is 92.4 Å². The number of methoxy groups -OCH3 is 3. The minimum absolute atomic E-state index is 0.154. The van der Waals surface area contributed by atoms with Crippen molar-refractivity contribution in [3.05, 3.63) is 12.2 Å². The highest BCUT2D eigenvalue weighted by Crippen LogP contribution is 2.31. The van der Waals surface area contributed by atoms with Gasteiger partial charge in [0, 0.05) is 33.7 Å². The average Bonchev–Trinajstić information content (AvgIpc) is 2.28. The van der Waals surface area contributed by atoms with Crippen LogP contribution in [0.1, 0.15) is 19.8 Å². The average molecular weight is 214 g/mol. The molecule has 4 atom stereocenters. The van der Waals surface area contributed by atoms with Gasteiger partial charge in [0.25, 0.3) is 0 Å². The highest BCUT2D eigenvalue weighted by atomic mass is 16.5. The first-order valence-electron chi connectivity index (χ1n) is 5.48. The molecule has 1 fully saturated rings. The minimum atomic E-state index is 0.154. The van der Waals surface area contributed by atoms with Gasteiger partial charge in [0.15, 0.2) is 0 Å². The molecule has 3 heteroatoms.